The Labute approximate surface area is 89.2 Å². The molecule has 0 aromatic carbocycles. The van der Waals surface area contributed by atoms with Gasteiger partial charge in [-0.15, -0.1) is 0 Å². The number of nitrogens with two attached hydrogens (primary N) is 1. The van der Waals surface area contributed by atoms with Crippen molar-refractivity contribution in [2.75, 3.05) is 19.8 Å². The number of amides is 1. The summed E-state index contributed by atoms with van der Waals surface area (Å²) in [6.07, 6.45) is 2.00. The lowest BCUT2D eigenvalue weighted by Gasteiger charge is -2.06. The molecule has 15 heavy (non-hydrogen) atoms. The number of rotatable bonds is 7. The quantitative estimate of drug-likeness (QED) is 0.604. The molecule has 1 rings (SSSR count). The topological polar surface area (TPSA) is 69.3 Å². The molecule has 0 atom stereocenters. The highest BCUT2D eigenvalue weighted by molar-refractivity contribution is 5.74. The van der Waals surface area contributed by atoms with E-state index in [4.69, 9.17) is 10.5 Å². The Balaban J connectivity index is 2.03. The molecule has 0 fully saturated rings. The summed E-state index contributed by atoms with van der Waals surface area (Å²) in [6, 6.07) is 4.05. The Morgan fingerprint density at radius 3 is 3.07 bits per heavy atom. The van der Waals surface area contributed by atoms with Crippen molar-refractivity contribution in [1.29, 1.82) is 0 Å². The van der Waals surface area contributed by atoms with Crippen LogP contribution >= 0.6 is 0 Å². The summed E-state index contributed by atoms with van der Waals surface area (Å²) in [6.45, 7) is 1.99. The van der Waals surface area contributed by atoms with Crippen LogP contribution in [0, 0.1) is 0 Å². The number of nitrogens with zero attached hydrogens (tertiary/aromatic N) is 1. The van der Waals surface area contributed by atoms with E-state index in [0.717, 1.165) is 6.54 Å². The van der Waals surface area contributed by atoms with Gasteiger partial charge in [-0.25, -0.2) is 0 Å². The maximum atomic E-state index is 10.3. The van der Waals surface area contributed by atoms with Crippen molar-refractivity contribution < 1.29 is 9.53 Å². The van der Waals surface area contributed by atoms with Crippen molar-refractivity contribution in [2.24, 2.45) is 12.8 Å². The predicted molar refractivity (Wildman–Crippen MR) is 57.1 cm³/mol. The Kier molecular flexibility index (Phi) is 4.86. The number of aromatic nitrogens is 1. The number of carbonyl (C=O) groups is 1. The van der Waals surface area contributed by atoms with Crippen LogP contribution in [0.3, 0.4) is 0 Å². The van der Waals surface area contributed by atoms with Gasteiger partial charge in [-0.2, -0.15) is 0 Å². The highest BCUT2D eigenvalue weighted by Crippen LogP contribution is 1.97. The number of primary amides is 1. The van der Waals surface area contributed by atoms with Crippen LogP contribution in [0.1, 0.15) is 5.69 Å². The van der Waals surface area contributed by atoms with Gasteiger partial charge in [0.25, 0.3) is 0 Å². The van der Waals surface area contributed by atoms with Gasteiger partial charge in [0.15, 0.2) is 0 Å². The molecule has 1 aromatic rings. The van der Waals surface area contributed by atoms with Gasteiger partial charge in [0.2, 0.25) is 5.91 Å². The first-order chi connectivity index (χ1) is 7.20. The first-order valence-corrected chi connectivity index (χ1v) is 4.87. The third-order valence-corrected chi connectivity index (χ3v) is 2.02. The normalized spacial score (nSPS) is 10.5. The minimum atomic E-state index is -0.433. The largest absolute Gasteiger partial charge is 0.370 e. The fourth-order valence-corrected chi connectivity index (χ4v) is 1.21. The van der Waals surface area contributed by atoms with Gasteiger partial charge in [0.1, 0.15) is 6.61 Å². The second-order valence-corrected chi connectivity index (χ2v) is 3.31. The summed E-state index contributed by atoms with van der Waals surface area (Å²) in [5.74, 6) is -0.433. The molecule has 5 heteroatoms. The van der Waals surface area contributed by atoms with Crippen LogP contribution in [-0.2, 0) is 23.1 Å². The molecule has 1 amide bonds. The summed E-state index contributed by atoms with van der Waals surface area (Å²) in [4.78, 5) is 10.3. The molecule has 3 N–H and O–H groups in total. The summed E-state index contributed by atoms with van der Waals surface area (Å²) < 4.78 is 7.05. The lowest BCUT2D eigenvalue weighted by atomic mass is 10.4. The molecule has 0 bridgehead atoms. The standard InChI is InChI=1S/C10H17N3O2/c1-13-5-2-3-9(13)7-12-4-6-15-8-10(11)14/h2-3,5,12H,4,6-8H2,1H3,(H2,11,14). The Morgan fingerprint density at radius 2 is 2.47 bits per heavy atom. The Hall–Kier alpha value is -1.33. The predicted octanol–water partition coefficient (Wildman–Crippen LogP) is -0.383. The van der Waals surface area contributed by atoms with Crippen molar-refractivity contribution in [3.63, 3.8) is 0 Å². The molecule has 0 aliphatic rings. The minimum absolute atomic E-state index is 0.00810. The van der Waals surface area contributed by atoms with Crippen LogP contribution in [0.25, 0.3) is 0 Å². The van der Waals surface area contributed by atoms with E-state index in [1.165, 1.54) is 5.69 Å². The smallest absolute Gasteiger partial charge is 0.243 e. The third-order valence-electron chi connectivity index (χ3n) is 2.02. The van der Waals surface area contributed by atoms with E-state index in [2.05, 4.69) is 16.0 Å². The number of ether oxygens (including phenoxy) is 1. The first-order valence-electron chi connectivity index (χ1n) is 4.87. The molecule has 1 aromatic heterocycles. The SMILES string of the molecule is Cn1cccc1CNCCOCC(N)=O. The van der Waals surface area contributed by atoms with Crippen molar-refractivity contribution in [3.05, 3.63) is 24.0 Å². The van der Waals surface area contributed by atoms with Crippen molar-refractivity contribution >= 4 is 5.91 Å². The van der Waals surface area contributed by atoms with Crippen LogP contribution in [0.2, 0.25) is 0 Å². The van der Waals surface area contributed by atoms with E-state index in [1.807, 2.05) is 19.3 Å². The summed E-state index contributed by atoms with van der Waals surface area (Å²) in [7, 11) is 2.00. The van der Waals surface area contributed by atoms with Gasteiger partial charge in [-0.3, -0.25) is 4.79 Å². The monoisotopic (exact) mass is 211 g/mol. The van der Waals surface area contributed by atoms with E-state index in [1.54, 1.807) is 0 Å². The molecule has 0 unspecified atom stereocenters. The van der Waals surface area contributed by atoms with Gasteiger partial charge in [0.05, 0.1) is 6.61 Å². The molecule has 0 radical (unpaired) electrons. The first kappa shape index (κ1) is 11.7. The van der Waals surface area contributed by atoms with Crippen LogP contribution < -0.4 is 11.1 Å². The molecule has 1 heterocycles. The van der Waals surface area contributed by atoms with Gasteiger partial charge in [-0.05, 0) is 12.1 Å². The number of aryl methyl sites for hydroxylation is 1. The van der Waals surface area contributed by atoms with E-state index < -0.39 is 5.91 Å². The van der Waals surface area contributed by atoms with Gasteiger partial charge in [0, 0.05) is 32.0 Å². The highest BCUT2D eigenvalue weighted by Gasteiger charge is 1.96. The molecular formula is C10H17N3O2. The van der Waals surface area contributed by atoms with Crippen LogP contribution in [0.4, 0.5) is 0 Å². The average molecular weight is 211 g/mol. The zero-order valence-corrected chi connectivity index (χ0v) is 8.90. The van der Waals surface area contributed by atoms with Crippen LogP contribution in [-0.4, -0.2) is 30.2 Å². The van der Waals surface area contributed by atoms with E-state index in [0.29, 0.717) is 13.2 Å². The maximum absolute atomic E-state index is 10.3. The van der Waals surface area contributed by atoms with Crippen molar-refractivity contribution in [3.8, 4) is 0 Å². The number of hydrogen-bond acceptors (Lipinski definition) is 3. The lowest BCUT2D eigenvalue weighted by Crippen LogP contribution is -2.24. The zero-order chi connectivity index (χ0) is 11.1. The zero-order valence-electron chi connectivity index (χ0n) is 8.90. The van der Waals surface area contributed by atoms with Crippen LogP contribution in [0.5, 0.6) is 0 Å². The molecule has 5 nitrogen and oxygen atoms in total. The van der Waals surface area contributed by atoms with Gasteiger partial charge < -0.3 is 20.4 Å². The summed E-state index contributed by atoms with van der Waals surface area (Å²) in [5.41, 5.74) is 6.13. The van der Waals surface area contributed by atoms with Crippen LogP contribution in [0.15, 0.2) is 18.3 Å². The van der Waals surface area contributed by atoms with Crippen molar-refractivity contribution in [2.45, 2.75) is 6.54 Å². The van der Waals surface area contributed by atoms with Gasteiger partial charge >= 0.3 is 0 Å². The molecule has 0 saturated heterocycles. The number of nitrogens with one attached hydrogen (secondary N) is 1. The molecule has 84 valence electrons. The second-order valence-electron chi connectivity index (χ2n) is 3.31. The summed E-state index contributed by atoms with van der Waals surface area (Å²) >= 11 is 0. The molecule has 0 saturated carbocycles. The fourth-order valence-electron chi connectivity index (χ4n) is 1.21. The average Bonchev–Trinajstić information content (AvgIpc) is 2.57. The molecule has 0 aliphatic heterocycles. The van der Waals surface area contributed by atoms with E-state index in [9.17, 15) is 4.79 Å². The minimum Gasteiger partial charge on any atom is -0.370 e. The number of carbonyl (C=O) groups excluding carboxylic acids is 1. The van der Waals surface area contributed by atoms with Crippen molar-refractivity contribution in [1.82, 2.24) is 9.88 Å². The Bertz CT molecular complexity index is 309. The lowest BCUT2D eigenvalue weighted by molar-refractivity contribution is -0.122. The Morgan fingerprint density at radius 1 is 1.67 bits per heavy atom. The number of hydrogen-bond donors (Lipinski definition) is 2. The maximum Gasteiger partial charge on any atom is 0.243 e. The fraction of sp³-hybridized carbons (Fsp3) is 0.500. The van der Waals surface area contributed by atoms with Gasteiger partial charge in [-0.1, -0.05) is 0 Å². The second kappa shape index (κ2) is 6.21. The van der Waals surface area contributed by atoms with E-state index in [-0.39, 0.29) is 6.61 Å². The van der Waals surface area contributed by atoms with E-state index >= 15 is 0 Å². The molecule has 0 aliphatic carbocycles. The summed E-state index contributed by atoms with van der Waals surface area (Å²) in [5, 5.41) is 3.20. The molecular weight excluding hydrogens is 194 g/mol. The highest BCUT2D eigenvalue weighted by atomic mass is 16.5. The third kappa shape index (κ3) is 4.62. The molecule has 0 spiro atoms.